The Morgan fingerprint density at radius 2 is 1.73 bits per heavy atom. The minimum atomic E-state index is -0.942. The van der Waals surface area contributed by atoms with Gasteiger partial charge in [-0.3, -0.25) is 0 Å². The fourth-order valence-corrected chi connectivity index (χ4v) is 3.42. The Kier molecular flexibility index (Phi) is 2.83. The molecule has 3 aromatic rings. The first-order chi connectivity index (χ1) is 10.6. The quantitative estimate of drug-likeness (QED) is 0.665. The Bertz CT molecular complexity index is 901. The van der Waals surface area contributed by atoms with Gasteiger partial charge in [0.2, 0.25) is 0 Å². The van der Waals surface area contributed by atoms with Gasteiger partial charge in [0.1, 0.15) is 12.2 Å². The molecule has 0 saturated heterocycles. The SMILES string of the molecule is Cc1ccc2nc3c(c(C)c2c1)[C@@H](O)[C@H](O)c1ccccc1-3. The van der Waals surface area contributed by atoms with E-state index >= 15 is 0 Å². The van der Waals surface area contributed by atoms with Crippen LogP contribution in [0.15, 0.2) is 42.5 Å². The lowest BCUT2D eigenvalue weighted by atomic mass is 9.82. The smallest absolute Gasteiger partial charge is 0.111 e. The lowest BCUT2D eigenvalue weighted by Gasteiger charge is -2.30. The molecule has 2 N–H and O–H groups in total. The van der Waals surface area contributed by atoms with E-state index < -0.39 is 12.2 Å². The fraction of sp³-hybridized carbons (Fsp3) is 0.211. The largest absolute Gasteiger partial charge is 0.385 e. The van der Waals surface area contributed by atoms with E-state index in [0.717, 1.165) is 44.4 Å². The average molecular weight is 291 g/mol. The number of aliphatic hydroxyl groups excluding tert-OH is 2. The van der Waals surface area contributed by atoms with Gasteiger partial charge in [-0.15, -0.1) is 0 Å². The molecule has 4 rings (SSSR count). The molecule has 0 unspecified atom stereocenters. The van der Waals surface area contributed by atoms with Gasteiger partial charge < -0.3 is 10.2 Å². The first-order valence-electron chi connectivity index (χ1n) is 7.44. The van der Waals surface area contributed by atoms with Crippen LogP contribution >= 0.6 is 0 Å². The molecule has 0 radical (unpaired) electrons. The Morgan fingerprint density at radius 3 is 2.55 bits per heavy atom. The minimum Gasteiger partial charge on any atom is -0.385 e. The maximum Gasteiger partial charge on any atom is 0.111 e. The van der Waals surface area contributed by atoms with E-state index in [2.05, 4.69) is 6.07 Å². The molecular formula is C19H17NO2. The topological polar surface area (TPSA) is 53.4 Å². The maximum absolute atomic E-state index is 10.6. The summed E-state index contributed by atoms with van der Waals surface area (Å²) in [4.78, 5) is 4.77. The number of hydrogen-bond donors (Lipinski definition) is 2. The lowest BCUT2D eigenvalue weighted by molar-refractivity contribution is 0.0152. The summed E-state index contributed by atoms with van der Waals surface area (Å²) in [6.07, 6.45) is -1.85. The molecule has 1 aliphatic carbocycles. The Hall–Kier alpha value is -2.23. The summed E-state index contributed by atoms with van der Waals surface area (Å²) in [6, 6.07) is 13.7. The van der Waals surface area contributed by atoms with Crippen molar-refractivity contribution in [1.82, 2.24) is 4.98 Å². The molecule has 3 heteroatoms. The third-order valence-corrected chi connectivity index (χ3v) is 4.58. The first kappa shape index (κ1) is 13.4. The van der Waals surface area contributed by atoms with Crippen LogP contribution in [0.1, 0.15) is 34.5 Å². The van der Waals surface area contributed by atoms with Gasteiger partial charge in [-0.25, -0.2) is 4.98 Å². The highest BCUT2D eigenvalue weighted by Gasteiger charge is 2.33. The summed E-state index contributed by atoms with van der Waals surface area (Å²) >= 11 is 0. The van der Waals surface area contributed by atoms with Crippen LogP contribution in [0.3, 0.4) is 0 Å². The number of pyridine rings is 1. The van der Waals surface area contributed by atoms with Crippen molar-refractivity contribution in [1.29, 1.82) is 0 Å². The highest BCUT2D eigenvalue weighted by Crippen LogP contribution is 2.46. The van der Waals surface area contributed by atoms with E-state index in [1.807, 2.05) is 50.2 Å². The van der Waals surface area contributed by atoms with Gasteiger partial charge in [-0.05, 0) is 37.1 Å². The zero-order valence-electron chi connectivity index (χ0n) is 12.5. The highest BCUT2D eigenvalue weighted by molar-refractivity contribution is 5.89. The van der Waals surface area contributed by atoms with Crippen molar-refractivity contribution < 1.29 is 10.2 Å². The molecule has 0 spiro atoms. The molecule has 22 heavy (non-hydrogen) atoms. The second kappa shape index (κ2) is 4.63. The molecule has 110 valence electrons. The molecule has 2 atom stereocenters. The number of benzene rings is 2. The van der Waals surface area contributed by atoms with E-state index in [1.165, 1.54) is 0 Å². The van der Waals surface area contributed by atoms with Gasteiger partial charge in [0.05, 0.1) is 11.2 Å². The summed E-state index contributed by atoms with van der Waals surface area (Å²) in [5.74, 6) is 0. The van der Waals surface area contributed by atoms with E-state index in [0.29, 0.717) is 0 Å². The third-order valence-electron chi connectivity index (χ3n) is 4.58. The number of fused-ring (bicyclic) bond motifs is 4. The van der Waals surface area contributed by atoms with Gasteiger partial charge in [0.15, 0.2) is 0 Å². The monoisotopic (exact) mass is 291 g/mol. The molecule has 0 aliphatic heterocycles. The normalized spacial score (nSPS) is 19.8. The number of nitrogens with zero attached hydrogens (tertiary/aromatic N) is 1. The van der Waals surface area contributed by atoms with Crippen LogP contribution in [-0.2, 0) is 0 Å². The fourth-order valence-electron chi connectivity index (χ4n) is 3.42. The Balaban J connectivity index is 2.14. The number of aryl methyl sites for hydroxylation is 2. The van der Waals surface area contributed by atoms with Gasteiger partial charge in [-0.2, -0.15) is 0 Å². The van der Waals surface area contributed by atoms with Crippen LogP contribution in [0.5, 0.6) is 0 Å². The van der Waals surface area contributed by atoms with Crippen LogP contribution in [-0.4, -0.2) is 15.2 Å². The number of aliphatic hydroxyl groups is 2. The molecule has 1 aromatic heterocycles. The zero-order valence-corrected chi connectivity index (χ0v) is 12.5. The first-order valence-corrected chi connectivity index (χ1v) is 7.44. The van der Waals surface area contributed by atoms with Crippen molar-refractivity contribution in [2.75, 3.05) is 0 Å². The predicted molar refractivity (Wildman–Crippen MR) is 86.6 cm³/mol. The van der Waals surface area contributed by atoms with Gasteiger partial charge >= 0.3 is 0 Å². The molecule has 1 aliphatic rings. The van der Waals surface area contributed by atoms with Crippen molar-refractivity contribution in [2.45, 2.75) is 26.1 Å². The summed E-state index contributed by atoms with van der Waals surface area (Å²) in [6.45, 7) is 4.03. The third kappa shape index (κ3) is 1.73. The van der Waals surface area contributed by atoms with Crippen molar-refractivity contribution in [2.24, 2.45) is 0 Å². The minimum absolute atomic E-state index is 0.737. The molecule has 3 nitrogen and oxygen atoms in total. The molecule has 0 bridgehead atoms. The highest BCUT2D eigenvalue weighted by atomic mass is 16.3. The number of aromatic nitrogens is 1. The van der Waals surface area contributed by atoms with Gasteiger partial charge in [-0.1, -0.05) is 35.9 Å². The van der Waals surface area contributed by atoms with Crippen molar-refractivity contribution in [3.63, 3.8) is 0 Å². The van der Waals surface area contributed by atoms with Gasteiger partial charge in [0.25, 0.3) is 0 Å². The van der Waals surface area contributed by atoms with Crippen LogP contribution in [0.25, 0.3) is 22.2 Å². The Morgan fingerprint density at radius 1 is 0.955 bits per heavy atom. The molecular weight excluding hydrogens is 274 g/mol. The summed E-state index contributed by atoms with van der Waals surface area (Å²) < 4.78 is 0. The lowest BCUT2D eigenvalue weighted by Crippen LogP contribution is -2.19. The average Bonchev–Trinajstić information content (AvgIpc) is 2.53. The second-order valence-corrected chi connectivity index (χ2v) is 6.00. The molecule has 1 heterocycles. The van der Waals surface area contributed by atoms with Crippen LogP contribution in [0, 0.1) is 13.8 Å². The van der Waals surface area contributed by atoms with E-state index in [1.54, 1.807) is 0 Å². The van der Waals surface area contributed by atoms with E-state index in [9.17, 15) is 10.2 Å². The second-order valence-electron chi connectivity index (χ2n) is 6.00. The molecule has 0 saturated carbocycles. The van der Waals surface area contributed by atoms with E-state index in [-0.39, 0.29) is 0 Å². The van der Waals surface area contributed by atoms with Crippen molar-refractivity contribution in [3.8, 4) is 11.3 Å². The van der Waals surface area contributed by atoms with Gasteiger partial charge in [0, 0.05) is 16.5 Å². The van der Waals surface area contributed by atoms with Crippen molar-refractivity contribution in [3.05, 3.63) is 64.7 Å². The zero-order chi connectivity index (χ0) is 15.4. The molecule has 0 amide bonds. The van der Waals surface area contributed by atoms with E-state index in [4.69, 9.17) is 4.98 Å². The summed E-state index contributed by atoms with van der Waals surface area (Å²) in [7, 11) is 0. The standard InChI is InChI=1S/C19H17NO2/c1-10-7-8-15-14(9-10)11(2)16-17(20-15)12-5-3-4-6-13(12)18(21)19(16)22/h3-9,18-19,21-22H,1-2H3/t18-,19-/m1/s1. The molecule has 2 aromatic carbocycles. The maximum atomic E-state index is 10.6. The predicted octanol–water partition coefficient (Wildman–Crippen LogP) is 3.60. The molecule has 0 fully saturated rings. The van der Waals surface area contributed by atoms with Crippen molar-refractivity contribution >= 4 is 10.9 Å². The summed E-state index contributed by atoms with van der Waals surface area (Å²) in [5.41, 5.74) is 6.22. The van der Waals surface area contributed by atoms with Crippen LogP contribution in [0.2, 0.25) is 0 Å². The summed E-state index contributed by atoms with van der Waals surface area (Å²) in [5, 5.41) is 22.1. The van der Waals surface area contributed by atoms with Crippen LogP contribution in [0.4, 0.5) is 0 Å². The Labute approximate surface area is 128 Å². The number of hydrogen-bond acceptors (Lipinski definition) is 3. The number of rotatable bonds is 0. The van der Waals surface area contributed by atoms with Crippen LogP contribution < -0.4 is 0 Å².